The van der Waals surface area contributed by atoms with Gasteiger partial charge in [0.05, 0.1) is 6.04 Å². The highest BCUT2D eigenvalue weighted by Gasteiger charge is 2.47. The van der Waals surface area contributed by atoms with Gasteiger partial charge in [0.15, 0.2) is 0 Å². The Morgan fingerprint density at radius 2 is 1.73 bits per heavy atom. The van der Waals surface area contributed by atoms with E-state index in [0.29, 0.717) is 5.56 Å². The van der Waals surface area contributed by atoms with Gasteiger partial charge in [-0.3, -0.25) is 10.1 Å². The number of aliphatic carboxylic acids is 1. The number of halogens is 3. The van der Waals surface area contributed by atoms with E-state index in [1.54, 1.807) is 30.3 Å². The number of carbonyl (C=O) groups excluding carboxylic acids is 1. The first-order chi connectivity index (χ1) is 12.0. The Morgan fingerprint density at radius 1 is 1.15 bits per heavy atom. The molecule has 3 atom stereocenters. The van der Waals surface area contributed by atoms with Gasteiger partial charge >= 0.3 is 18.2 Å². The maximum Gasteiger partial charge on any atom is 0.407 e. The predicted molar refractivity (Wildman–Crippen MR) is 88.5 cm³/mol. The van der Waals surface area contributed by atoms with Gasteiger partial charge in [-0.05, 0) is 18.4 Å². The van der Waals surface area contributed by atoms with Crippen molar-refractivity contribution in [2.75, 3.05) is 0 Å². The summed E-state index contributed by atoms with van der Waals surface area (Å²) in [5.74, 6) is -2.05. The normalized spacial score (nSPS) is 15.2. The smallest absolute Gasteiger partial charge is 0.407 e. The minimum Gasteiger partial charge on any atom is -0.480 e. The van der Waals surface area contributed by atoms with Gasteiger partial charge in [-0.1, -0.05) is 44.2 Å². The number of rotatable bonds is 8. The molecule has 1 amide bonds. The van der Waals surface area contributed by atoms with Crippen LogP contribution in [0.4, 0.5) is 18.0 Å². The third kappa shape index (κ3) is 6.91. The summed E-state index contributed by atoms with van der Waals surface area (Å²) in [5, 5.41) is 13.1. The first-order valence-electron chi connectivity index (χ1n) is 8.05. The van der Waals surface area contributed by atoms with Gasteiger partial charge in [-0.2, -0.15) is 13.2 Å². The average molecular weight is 376 g/mol. The summed E-state index contributed by atoms with van der Waals surface area (Å²) in [7, 11) is 0. The molecule has 1 rings (SSSR count). The number of alkyl halides is 3. The zero-order valence-electron chi connectivity index (χ0n) is 14.7. The molecule has 146 valence electrons. The molecule has 26 heavy (non-hydrogen) atoms. The van der Waals surface area contributed by atoms with E-state index in [-0.39, 0.29) is 6.61 Å². The van der Waals surface area contributed by atoms with Crippen molar-refractivity contribution >= 4 is 12.1 Å². The first-order valence-corrected chi connectivity index (χ1v) is 8.05. The maximum atomic E-state index is 13.4. The summed E-state index contributed by atoms with van der Waals surface area (Å²) in [6.45, 7) is 4.00. The number of ether oxygens (including phenoxy) is 1. The Labute approximate surface area is 149 Å². The van der Waals surface area contributed by atoms with Crippen LogP contribution >= 0.6 is 0 Å². The van der Waals surface area contributed by atoms with Crippen LogP contribution in [-0.2, 0) is 16.1 Å². The van der Waals surface area contributed by atoms with Crippen LogP contribution in [0.3, 0.4) is 0 Å². The second-order valence-electron chi connectivity index (χ2n) is 6.22. The minimum atomic E-state index is -4.76. The Balaban J connectivity index is 2.82. The van der Waals surface area contributed by atoms with Crippen LogP contribution in [0.5, 0.6) is 0 Å². The Kier molecular flexibility index (Phi) is 7.88. The van der Waals surface area contributed by atoms with Crippen LogP contribution < -0.4 is 10.6 Å². The van der Waals surface area contributed by atoms with E-state index in [0.717, 1.165) is 6.92 Å². The van der Waals surface area contributed by atoms with E-state index in [1.807, 2.05) is 5.32 Å². The molecule has 0 saturated carbocycles. The first kappa shape index (κ1) is 21.8. The zero-order valence-corrected chi connectivity index (χ0v) is 14.7. The zero-order chi connectivity index (χ0) is 19.9. The minimum absolute atomic E-state index is 0.0901. The van der Waals surface area contributed by atoms with E-state index >= 15 is 0 Å². The molecule has 0 aliphatic carbocycles. The van der Waals surface area contributed by atoms with Crippen LogP contribution in [0.1, 0.15) is 26.3 Å². The van der Waals surface area contributed by atoms with Gasteiger partial charge in [0.25, 0.3) is 0 Å². The maximum absolute atomic E-state index is 13.4. The van der Waals surface area contributed by atoms with Crippen LogP contribution in [0.25, 0.3) is 0 Å². The van der Waals surface area contributed by atoms with E-state index in [9.17, 15) is 22.8 Å². The van der Waals surface area contributed by atoms with E-state index < -0.39 is 42.3 Å². The molecule has 0 radical (unpaired) electrons. The molecule has 0 aliphatic heterocycles. The second-order valence-corrected chi connectivity index (χ2v) is 6.22. The van der Waals surface area contributed by atoms with Crippen molar-refractivity contribution in [3.05, 3.63) is 35.9 Å². The predicted octanol–water partition coefficient (Wildman–Crippen LogP) is 2.93. The van der Waals surface area contributed by atoms with Gasteiger partial charge in [0, 0.05) is 0 Å². The van der Waals surface area contributed by atoms with Gasteiger partial charge < -0.3 is 15.2 Å². The molecule has 0 bridgehead atoms. The molecule has 3 N–H and O–H groups in total. The summed E-state index contributed by atoms with van der Waals surface area (Å²) in [4.78, 5) is 22.8. The summed E-state index contributed by atoms with van der Waals surface area (Å²) < 4.78 is 45.2. The summed E-state index contributed by atoms with van der Waals surface area (Å²) in [5.41, 5.74) is 0.689. The molecule has 1 aromatic rings. The van der Waals surface area contributed by atoms with Crippen LogP contribution in [0, 0.1) is 5.92 Å². The Hall–Kier alpha value is -2.29. The van der Waals surface area contributed by atoms with E-state index in [2.05, 4.69) is 5.32 Å². The number of alkyl carbamates (subject to hydrolysis) is 1. The van der Waals surface area contributed by atoms with E-state index in [4.69, 9.17) is 9.84 Å². The van der Waals surface area contributed by atoms with Crippen molar-refractivity contribution in [1.82, 2.24) is 10.6 Å². The largest absolute Gasteiger partial charge is 0.480 e. The number of nitrogens with one attached hydrogen (secondary N) is 2. The molecule has 0 saturated heterocycles. The van der Waals surface area contributed by atoms with Crippen molar-refractivity contribution in [2.45, 2.75) is 51.7 Å². The van der Waals surface area contributed by atoms with Crippen molar-refractivity contribution in [2.24, 2.45) is 5.92 Å². The number of carboxylic acids is 1. The molecule has 0 fully saturated rings. The van der Waals surface area contributed by atoms with Gasteiger partial charge in [-0.15, -0.1) is 0 Å². The number of benzene rings is 1. The van der Waals surface area contributed by atoms with Crippen molar-refractivity contribution in [3.8, 4) is 0 Å². The number of carbonyl (C=O) groups is 2. The summed E-state index contributed by atoms with van der Waals surface area (Å²) in [6.07, 6.45) is -5.77. The molecule has 1 aromatic carbocycles. The number of hydrogen-bond donors (Lipinski definition) is 3. The Morgan fingerprint density at radius 3 is 2.19 bits per heavy atom. The topological polar surface area (TPSA) is 87.7 Å². The molecular weight excluding hydrogens is 353 g/mol. The van der Waals surface area contributed by atoms with Gasteiger partial charge in [0.2, 0.25) is 0 Å². The molecule has 0 spiro atoms. The molecule has 0 aromatic heterocycles. The fourth-order valence-electron chi connectivity index (χ4n) is 2.28. The van der Waals surface area contributed by atoms with Crippen molar-refractivity contribution in [3.63, 3.8) is 0 Å². The van der Waals surface area contributed by atoms with Crippen LogP contribution in [0.15, 0.2) is 30.3 Å². The fourth-order valence-corrected chi connectivity index (χ4v) is 2.28. The lowest BCUT2D eigenvalue weighted by atomic mass is 9.95. The quantitative estimate of drug-likeness (QED) is 0.649. The van der Waals surface area contributed by atoms with Crippen LogP contribution in [0.2, 0.25) is 0 Å². The third-order valence-electron chi connectivity index (χ3n) is 3.73. The van der Waals surface area contributed by atoms with E-state index in [1.165, 1.54) is 13.8 Å². The van der Waals surface area contributed by atoms with Crippen LogP contribution in [-0.4, -0.2) is 41.5 Å². The molecule has 0 aliphatic rings. The lowest BCUT2D eigenvalue weighted by Gasteiger charge is -2.33. The van der Waals surface area contributed by atoms with Crippen molar-refractivity contribution in [1.29, 1.82) is 0 Å². The molecule has 9 heteroatoms. The third-order valence-corrected chi connectivity index (χ3v) is 3.73. The molecule has 0 unspecified atom stereocenters. The fraction of sp³-hybridized carbons (Fsp3) is 0.529. The Bertz CT molecular complexity index is 593. The van der Waals surface area contributed by atoms with Crippen molar-refractivity contribution < 1.29 is 32.6 Å². The molecule has 6 nitrogen and oxygen atoms in total. The SMILES string of the molecule is CC(C)[C@H](NC(=O)OCc1ccccc1)[C@H](N[C@@H](C)C(=O)O)C(F)(F)F. The summed E-state index contributed by atoms with van der Waals surface area (Å²) >= 11 is 0. The summed E-state index contributed by atoms with van der Waals surface area (Å²) in [6, 6.07) is 3.60. The second kappa shape index (κ2) is 9.42. The number of amides is 1. The van der Waals surface area contributed by atoms with Gasteiger partial charge in [-0.25, -0.2) is 4.79 Å². The van der Waals surface area contributed by atoms with Gasteiger partial charge in [0.1, 0.15) is 18.7 Å². The molecular formula is C17H23F3N2O4. The number of hydrogen-bond acceptors (Lipinski definition) is 4. The highest BCUT2D eigenvalue weighted by molar-refractivity contribution is 5.73. The average Bonchev–Trinajstić information content (AvgIpc) is 2.55. The lowest BCUT2D eigenvalue weighted by Crippen LogP contribution is -2.61. The number of carboxylic acid groups (broad SMARTS) is 1. The monoisotopic (exact) mass is 376 g/mol. The highest BCUT2D eigenvalue weighted by atomic mass is 19.4. The lowest BCUT2D eigenvalue weighted by molar-refractivity contribution is -0.169. The standard InChI is InChI=1S/C17H23F3N2O4/c1-10(2)13(14(17(18,19)20)21-11(3)15(23)24)22-16(25)26-9-12-7-5-4-6-8-12/h4-8,10-11,13-14,21H,9H2,1-3H3,(H,22,25)(H,23,24)/t11-,13-,14-/m0/s1. The highest BCUT2D eigenvalue weighted by Crippen LogP contribution is 2.26. The molecule has 0 heterocycles.